The lowest BCUT2D eigenvalue weighted by molar-refractivity contribution is -0.135. The Labute approximate surface area is 161 Å². The summed E-state index contributed by atoms with van der Waals surface area (Å²) < 4.78 is 73.8. The number of carbonyl (C=O) groups is 2. The molecule has 1 saturated heterocycles. The van der Waals surface area contributed by atoms with Crippen LogP contribution in [-0.4, -0.2) is 56.7 Å². The second-order valence-electron chi connectivity index (χ2n) is 7.23. The highest BCUT2D eigenvalue weighted by molar-refractivity contribution is 7.87. The molecule has 0 unspecified atom stereocenters. The van der Waals surface area contributed by atoms with Crippen molar-refractivity contribution >= 4 is 22.2 Å². The zero-order valence-corrected chi connectivity index (χ0v) is 16.9. The molecule has 0 spiro atoms. The van der Waals surface area contributed by atoms with Gasteiger partial charge < -0.3 is 18.6 Å². The highest BCUT2D eigenvalue weighted by atomic mass is 32.2. The summed E-state index contributed by atoms with van der Waals surface area (Å²) in [7, 11) is -4.91. The summed E-state index contributed by atoms with van der Waals surface area (Å²) in [4.78, 5) is 24.8. The van der Waals surface area contributed by atoms with Crippen molar-refractivity contribution in [1.82, 2.24) is 4.90 Å². The molecular formula is C16H24F3NO7S. The molecule has 0 aliphatic carbocycles. The first-order valence-electron chi connectivity index (χ1n) is 8.42. The average molecular weight is 431 g/mol. The fourth-order valence-corrected chi connectivity index (χ4v) is 2.92. The van der Waals surface area contributed by atoms with Gasteiger partial charge in [-0.1, -0.05) is 0 Å². The van der Waals surface area contributed by atoms with Crippen molar-refractivity contribution in [1.29, 1.82) is 0 Å². The maximum absolute atomic E-state index is 12.6. The van der Waals surface area contributed by atoms with Crippen molar-refractivity contribution in [3.05, 3.63) is 11.8 Å². The smallest absolute Gasteiger partial charge is 0.466 e. The minimum absolute atomic E-state index is 0.230. The van der Waals surface area contributed by atoms with Crippen molar-refractivity contribution < 1.29 is 44.8 Å². The number of ether oxygens (including phenoxy) is 2. The maximum atomic E-state index is 12.6. The summed E-state index contributed by atoms with van der Waals surface area (Å²) in [5, 5.41) is 0. The number of halogens is 3. The summed E-state index contributed by atoms with van der Waals surface area (Å²) in [5.74, 6) is -2.00. The molecule has 8 nitrogen and oxygen atoms in total. The third kappa shape index (κ3) is 7.56. The van der Waals surface area contributed by atoms with Crippen molar-refractivity contribution in [2.45, 2.75) is 51.1 Å². The molecule has 162 valence electrons. The van der Waals surface area contributed by atoms with Gasteiger partial charge in [0.25, 0.3) is 0 Å². The lowest BCUT2D eigenvalue weighted by Gasteiger charge is -2.33. The molecule has 0 saturated carbocycles. The second kappa shape index (κ2) is 9.01. The topological polar surface area (TPSA) is 99.2 Å². The molecular weight excluding hydrogens is 407 g/mol. The van der Waals surface area contributed by atoms with E-state index in [4.69, 9.17) is 4.74 Å². The molecule has 0 bridgehead atoms. The van der Waals surface area contributed by atoms with Crippen molar-refractivity contribution in [2.75, 3.05) is 20.2 Å². The molecule has 1 heterocycles. The molecule has 1 aliphatic rings. The van der Waals surface area contributed by atoms with Crippen molar-refractivity contribution in [2.24, 2.45) is 5.92 Å². The van der Waals surface area contributed by atoms with Crippen LogP contribution in [0.2, 0.25) is 0 Å². The molecule has 0 atom stereocenters. The van der Waals surface area contributed by atoms with Gasteiger partial charge in [0.15, 0.2) is 0 Å². The van der Waals surface area contributed by atoms with Gasteiger partial charge in [-0.2, -0.15) is 21.6 Å². The molecule has 1 aliphatic heterocycles. The van der Waals surface area contributed by atoms with Gasteiger partial charge in [0.05, 0.1) is 13.2 Å². The first kappa shape index (κ1) is 24.1. The van der Waals surface area contributed by atoms with Crippen LogP contribution in [0.15, 0.2) is 11.8 Å². The number of nitrogens with zero attached hydrogens (tertiary/aromatic N) is 1. The van der Waals surface area contributed by atoms with Crippen LogP contribution in [0, 0.1) is 5.92 Å². The first-order valence-corrected chi connectivity index (χ1v) is 9.82. The Kier molecular flexibility index (Phi) is 7.74. The van der Waals surface area contributed by atoms with E-state index >= 15 is 0 Å². The summed E-state index contributed by atoms with van der Waals surface area (Å²) in [5.41, 5.74) is -6.29. The third-order valence-corrected chi connectivity index (χ3v) is 4.74. The molecule has 1 rings (SSSR count). The summed E-state index contributed by atoms with van der Waals surface area (Å²) >= 11 is 0. The highest BCUT2D eigenvalue weighted by Crippen LogP contribution is 2.31. The van der Waals surface area contributed by atoms with Gasteiger partial charge in [-0.3, -0.25) is 0 Å². The highest BCUT2D eigenvalue weighted by Gasteiger charge is 2.49. The Bertz CT molecular complexity index is 703. The SMILES string of the molecule is COC(=O)/C=C(\CC1CCN(C(=O)OC(C)(C)C)CC1)OS(=O)(=O)C(F)(F)F. The number of methoxy groups -OCH3 is 1. The minimum Gasteiger partial charge on any atom is -0.466 e. The number of rotatable bonds is 5. The van der Waals surface area contributed by atoms with Crippen LogP contribution in [0.4, 0.5) is 18.0 Å². The fourth-order valence-electron chi connectivity index (χ4n) is 2.43. The van der Waals surface area contributed by atoms with Gasteiger partial charge in [0.2, 0.25) is 0 Å². The van der Waals surface area contributed by atoms with Gasteiger partial charge in [0, 0.05) is 19.5 Å². The normalized spacial score (nSPS) is 17.2. The van der Waals surface area contributed by atoms with Crippen molar-refractivity contribution in [3.63, 3.8) is 0 Å². The van der Waals surface area contributed by atoms with E-state index in [1.807, 2.05) is 0 Å². The lowest BCUT2D eigenvalue weighted by Crippen LogP contribution is -2.41. The number of carbonyl (C=O) groups excluding carboxylic acids is 2. The number of piperidine rings is 1. The molecule has 12 heteroatoms. The molecule has 0 N–H and O–H groups in total. The number of esters is 1. The molecule has 0 radical (unpaired) electrons. The number of likely N-dealkylation sites (tertiary alicyclic amines) is 1. The third-order valence-electron chi connectivity index (χ3n) is 3.74. The Balaban J connectivity index is 2.78. The molecule has 0 aromatic heterocycles. The summed E-state index contributed by atoms with van der Waals surface area (Å²) in [6, 6.07) is 0. The van der Waals surface area contributed by atoms with Gasteiger partial charge >= 0.3 is 27.7 Å². The van der Waals surface area contributed by atoms with Gasteiger partial charge in [-0.25, -0.2) is 9.59 Å². The Hall–Kier alpha value is -1.98. The number of amides is 1. The molecule has 28 heavy (non-hydrogen) atoms. The molecule has 0 aromatic rings. The van der Waals surface area contributed by atoms with E-state index in [-0.39, 0.29) is 25.4 Å². The predicted molar refractivity (Wildman–Crippen MR) is 91.3 cm³/mol. The standard InChI is InChI=1S/C16H24F3NO7S/c1-15(2,3)26-14(22)20-7-5-11(6-8-20)9-12(10-13(21)25-4)27-28(23,24)16(17,18)19/h10-11H,5-9H2,1-4H3/b12-10+. The number of alkyl halides is 3. The number of hydrogen-bond acceptors (Lipinski definition) is 7. The number of hydrogen-bond donors (Lipinski definition) is 0. The average Bonchev–Trinajstić information content (AvgIpc) is 2.52. The van der Waals surface area contributed by atoms with Crippen LogP contribution in [0.1, 0.15) is 40.0 Å². The van der Waals surface area contributed by atoms with E-state index in [2.05, 4.69) is 8.92 Å². The second-order valence-corrected chi connectivity index (χ2v) is 8.77. The van der Waals surface area contributed by atoms with E-state index < -0.39 is 39.0 Å². The van der Waals surface area contributed by atoms with Crippen LogP contribution < -0.4 is 0 Å². The first-order chi connectivity index (χ1) is 12.6. The minimum atomic E-state index is -5.91. The van der Waals surface area contributed by atoms with Crippen LogP contribution in [0.3, 0.4) is 0 Å². The van der Waals surface area contributed by atoms with Crippen molar-refractivity contribution in [3.8, 4) is 0 Å². The van der Waals surface area contributed by atoms with Gasteiger partial charge in [0.1, 0.15) is 11.4 Å². The Morgan fingerprint density at radius 3 is 2.11 bits per heavy atom. The van der Waals surface area contributed by atoms with E-state index in [0.717, 1.165) is 7.11 Å². The fraction of sp³-hybridized carbons (Fsp3) is 0.750. The Morgan fingerprint density at radius 2 is 1.68 bits per heavy atom. The molecule has 0 aromatic carbocycles. The van der Waals surface area contributed by atoms with Crippen LogP contribution in [0.25, 0.3) is 0 Å². The van der Waals surface area contributed by atoms with E-state index in [1.54, 1.807) is 20.8 Å². The molecule has 1 fully saturated rings. The Morgan fingerprint density at radius 1 is 1.14 bits per heavy atom. The summed E-state index contributed by atoms with van der Waals surface area (Å²) in [6.07, 6.45) is 0.573. The van der Waals surface area contributed by atoms with Crippen LogP contribution in [-0.2, 0) is 28.6 Å². The molecule has 1 amide bonds. The quantitative estimate of drug-likeness (QED) is 0.217. The predicted octanol–water partition coefficient (Wildman–Crippen LogP) is 2.95. The zero-order chi connectivity index (χ0) is 21.8. The lowest BCUT2D eigenvalue weighted by atomic mass is 9.93. The number of allylic oxidation sites excluding steroid dienone is 1. The van der Waals surface area contributed by atoms with Crippen LogP contribution in [0.5, 0.6) is 0 Å². The monoisotopic (exact) mass is 431 g/mol. The van der Waals surface area contributed by atoms with E-state index in [1.165, 1.54) is 4.90 Å². The van der Waals surface area contributed by atoms with Crippen LogP contribution >= 0.6 is 0 Å². The largest absolute Gasteiger partial charge is 0.534 e. The summed E-state index contributed by atoms with van der Waals surface area (Å²) in [6.45, 7) is 5.72. The van der Waals surface area contributed by atoms with Gasteiger partial charge in [-0.15, -0.1) is 0 Å². The van der Waals surface area contributed by atoms with Gasteiger partial charge in [-0.05, 0) is 39.5 Å². The zero-order valence-electron chi connectivity index (χ0n) is 16.0. The van der Waals surface area contributed by atoms with E-state index in [9.17, 15) is 31.2 Å². The maximum Gasteiger partial charge on any atom is 0.534 e. The van der Waals surface area contributed by atoms with E-state index in [0.29, 0.717) is 18.9 Å².